The Morgan fingerprint density at radius 3 is 2.46 bits per heavy atom. The molecule has 26 heavy (non-hydrogen) atoms. The van der Waals surface area contributed by atoms with E-state index in [-0.39, 0.29) is 12.5 Å². The van der Waals surface area contributed by atoms with Gasteiger partial charge in [-0.3, -0.25) is 9.59 Å². The molecule has 0 saturated heterocycles. The van der Waals surface area contributed by atoms with E-state index in [1.54, 1.807) is 42.5 Å². The van der Waals surface area contributed by atoms with Gasteiger partial charge in [-0.25, -0.2) is 10.2 Å². The monoisotopic (exact) mass is 353 g/mol. The molecule has 2 N–H and O–H groups in total. The van der Waals surface area contributed by atoms with Crippen LogP contribution in [-0.2, 0) is 9.53 Å². The number of hydrogen-bond acceptors (Lipinski definition) is 5. The van der Waals surface area contributed by atoms with Gasteiger partial charge in [0.25, 0.3) is 11.8 Å². The zero-order valence-corrected chi connectivity index (χ0v) is 14.5. The third-order valence-corrected chi connectivity index (χ3v) is 3.42. The van der Waals surface area contributed by atoms with Crippen LogP contribution in [0.5, 0.6) is 0 Å². The molecule has 0 aromatic heterocycles. The van der Waals surface area contributed by atoms with E-state index in [9.17, 15) is 14.4 Å². The van der Waals surface area contributed by atoms with Crippen LogP contribution in [0.25, 0.3) is 0 Å². The first-order valence-electron chi connectivity index (χ1n) is 7.85. The minimum absolute atomic E-state index is 0.189. The number of nitrogens with zero attached hydrogens (tertiary/aromatic N) is 1. The number of carbonyl (C=O) groups is 3. The summed E-state index contributed by atoms with van der Waals surface area (Å²) < 4.78 is 4.61. The third-order valence-electron chi connectivity index (χ3n) is 3.42. The van der Waals surface area contributed by atoms with Gasteiger partial charge in [0.1, 0.15) is 0 Å². The summed E-state index contributed by atoms with van der Waals surface area (Å²) in [4.78, 5) is 35.0. The largest absolute Gasteiger partial charge is 0.465 e. The van der Waals surface area contributed by atoms with Gasteiger partial charge in [0, 0.05) is 5.56 Å². The van der Waals surface area contributed by atoms with Crippen molar-refractivity contribution in [2.75, 3.05) is 13.7 Å². The first-order valence-corrected chi connectivity index (χ1v) is 7.85. The van der Waals surface area contributed by atoms with Crippen LogP contribution in [-0.4, -0.2) is 37.7 Å². The van der Waals surface area contributed by atoms with Crippen LogP contribution in [0.4, 0.5) is 0 Å². The Hall–Kier alpha value is -3.48. The summed E-state index contributed by atoms with van der Waals surface area (Å²) in [7, 11) is 1.31. The van der Waals surface area contributed by atoms with Crippen LogP contribution < -0.4 is 10.7 Å². The number of ether oxygens (including phenoxy) is 1. The molecule has 134 valence electrons. The van der Waals surface area contributed by atoms with Crippen LogP contribution in [0.1, 0.15) is 31.8 Å². The van der Waals surface area contributed by atoms with Crippen molar-refractivity contribution in [3.8, 4) is 0 Å². The summed E-state index contributed by atoms with van der Waals surface area (Å²) >= 11 is 0. The lowest BCUT2D eigenvalue weighted by Gasteiger charge is -2.05. The van der Waals surface area contributed by atoms with E-state index in [2.05, 4.69) is 20.6 Å². The molecule has 2 aromatic carbocycles. The number of hydrazone groups is 1. The van der Waals surface area contributed by atoms with E-state index in [4.69, 9.17) is 0 Å². The van der Waals surface area contributed by atoms with Gasteiger partial charge in [-0.05, 0) is 36.8 Å². The second kappa shape index (κ2) is 9.12. The molecule has 0 spiro atoms. The van der Waals surface area contributed by atoms with Crippen molar-refractivity contribution in [1.82, 2.24) is 10.7 Å². The van der Waals surface area contributed by atoms with Gasteiger partial charge >= 0.3 is 5.97 Å². The molecule has 0 fully saturated rings. The number of hydrogen-bond donors (Lipinski definition) is 2. The quantitative estimate of drug-likeness (QED) is 0.469. The number of nitrogens with one attached hydrogen (secondary N) is 2. The van der Waals surface area contributed by atoms with E-state index in [1.165, 1.54) is 13.3 Å². The second-order valence-electron chi connectivity index (χ2n) is 5.46. The minimum atomic E-state index is -0.451. The Morgan fingerprint density at radius 1 is 1.08 bits per heavy atom. The van der Waals surface area contributed by atoms with Gasteiger partial charge in [0.2, 0.25) is 0 Å². The van der Waals surface area contributed by atoms with Crippen molar-refractivity contribution in [2.24, 2.45) is 5.10 Å². The predicted octanol–water partition coefficient (Wildman–Crippen LogP) is 1.66. The highest BCUT2D eigenvalue weighted by Gasteiger charge is 2.07. The molecule has 0 atom stereocenters. The predicted molar refractivity (Wildman–Crippen MR) is 97.0 cm³/mol. The van der Waals surface area contributed by atoms with Gasteiger partial charge in [-0.2, -0.15) is 5.10 Å². The van der Waals surface area contributed by atoms with Gasteiger partial charge in [-0.1, -0.05) is 29.8 Å². The summed E-state index contributed by atoms with van der Waals surface area (Å²) in [5.41, 5.74) is 4.90. The van der Waals surface area contributed by atoms with Gasteiger partial charge < -0.3 is 10.1 Å². The molecule has 0 unspecified atom stereocenters. The van der Waals surface area contributed by atoms with Crippen molar-refractivity contribution < 1.29 is 19.1 Å². The fourth-order valence-corrected chi connectivity index (χ4v) is 2.09. The van der Waals surface area contributed by atoms with E-state index in [0.717, 1.165) is 5.56 Å². The van der Waals surface area contributed by atoms with Gasteiger partial charge in [0.05, 0.1) is 25.4 Å². The van der Waals surface area contributed by atoms with E-state index in [1.807, 2.05) is 13.0 Å². The van der Waals surface area contributed by atoms with Crippen molar-refractivity contribution in [3.63, 3.8) is 0 Å². The van der Waals surface area contributed by atoms with Crippen LogP contribution >= 0.6 is 0 Å². The first kappa shape index (κ1) is 18.9. The molecular formula is C19H19N3O4. The molecule has 7 heteroatoms. The number of aryl methyl sites for hydroxylation is 1. The number of methoxy groups -OCH3 is 1. The lowest BCUT2D eigenvalue weighted by atomic mass is 10.1. The van der Waals surface area contributed by atoms with E-state index in [0.29, 0.717) is 16.7 Å². The van der Waals surface area contributed by atoms with Gasteiger partial charge in [0.15, 0.2) is 0 Å². The van der Waals surface area contributed by atoms with E-state index < -0.39 is 11.9 Å². The highest BCUT2D eigenvalue weighted by atomic mass is 16.5. The number of esters is 1. The maximum Gasteiger partial charge on any atom is 0.337 e. The Kier molecular flexibility index (Phi) is 6.61. The number of rotatable bonds is 6. The Labute approximate surface area is 151 Å². The lowest BCUT2D eigenvalue weighted by molar-refractivity contribution is -0.120. The number of benzene rings is 2. The van der Waals surface area contributed by atoms with Crippen LogP contribution in [0.15, 0.2) is 53.6 Å². The Balaban J connectivity index is 1.80. The minimum Gasteiger partial charge on any atom is -0.465 e. The SMILES string of the molecule is COC(=O)c1ccc(/C=N\NC(=O)CNC(=O)c2cccc(C)c2)cc1. The van der Waals surface area contributed by atoms with Crippen molar-refractivity contribution >= 4 is 24.0 Å². The molecule has 0 radical (unpaired) electrons. The maximum atomic E-state index is 11.9. The van der Waals surface area contributed by atoms with Crippen molar-refractivity contribution in [2.45, 2.75) is 6.92 Å². The van der Waals surface area contributed by atoms with Crippen LogP contribution in [0.3, 0.4) is 0 Å². The highest BCUT2D eigenvalue weighted by Crippen LogP contribution is 2.04. The molecule has 2 amide bonds. The molecule has 2 rings (SSSR count). The zero-order valence-electron chi connectivity index (χ0n) is 14.5. The zero-order chi connectivity index (χ0) is 18.9. The maximum absolute atomic E-state index is 11.9. The summed E-state index contributed by atoms with van der Waals surface area (Å²) in [6.07, 6.45) is 1.43. The molecule has 0 bridgehead atoms. The van der Waals surface area contributed by atoms with Crippen LogP contribution in [0.2, 0.25) is 0 Å². The highest BCUT2D eigenvalue weighted by molar-refractivity contribution is 5.96. The molecule has 0 aliphatic rings. The second-order valence-corrected chi connectivity index (χ2v) is 5.46. The third kappa shape index (κ3) is 5.55. The fourth-order valence-electron chi connectivity index (χ4n) is 2.09. The topological polar surface area (TPSA) is 96.9 Å². The number of amides is 2. The van der Waals surface area contributed by atoms with Gasteiger partial charge in [-0.15, -0.1) is 0 Å². The summed E-state index contributed by atoms with van der Waals surface area (Å²) in [6.45, 7) is 1.70. The molecule has 0 heterocycles. The normalized spacial score (nSPS) is 10.4. The first-order chi connectivity index (χ1) is 12.5. The fraction of sp³-hybridized carbons (Fsp3) is 0.158. The van der Waals surface area contributed by atoms with Crippen molar-refractivity contribution in [1.29, 1.82) is 0 Å². The summed E-state index contributed by atoms with van der Waals surface area (Å²) in [5, 5.41) is 6.33. The molecular weight excluding hydrogens is 334 g/mol. The summed E-state index contributed by atoms with van der Waals surface area (Å²) in [5.74, 6) is -1.20. The average Bonchev–Trinajstić information content (AvgIpc) is 2.66. The molecule has 0 aliphatic carbocycles. The standard InChI is InChI=1S/C19H19N3O4/c1-13-4-3-5-16(10-13)18(24)20-12-17(23)22-21-11-14-6-8-15(9-7-14)19(25)26-2/h3-11H,12H2,1-2H3,(H,20,24)(H,22,23)/b21-11-. The Morgan fingerprint density at radius 2 is 1.81 bits per heavy atom. The molecule has 2 aromatic rings. The molecule has 0 aliphatic heterocycles. The smallest absolute Gasteiger partial charge is 0.337 e. The average molecular weight is 353 g/mol. The Bertz CT molecular complexity index is 829. The van der Waals surface area contributed by atoms with E-state index >= 15 is 0 Å². The molecule has 0 saturated carbocycles. The number of carbonyl (C=O) groups excluding carboxylic acids is 3. The lowest BCUT2D eigenvalue weighted by Crippen LogP contribution is -2.34. The van der Waals surface area contributed by atoms with Crippen LogP contribution in [0, 0.1) is 6.92 Å². The molecule has 7 nitrogen and oxygen atoms in total. The van der Waals surface area contributed by atoms with Crippen molar-refractivity contribution in [3.05, 3.63) is 70.8 Å². The summed E-state index contributed by atoms with van der Waals surface area (Å²) in [6, 6.07) is 13.6.